The molecule has 0 saturated heterocycles. The molecule has 0 fully saturated rings. The van der Waals surface area contributed by atoms with Crippen LogP contribution >= 0.6 is 0 Å². The minimum Gasteiger partial charge on any atom is -0.366 e. The van der Waals surface area contributed by atoms with Gasteiger partial charge in [0.25, 0.3) is 0 Å². The van der Waals surface area contributed by atoms with Crippen LogP contribution in [-0.4, -0.2) is 45.3 Å². The van der Waals surface area contributed by atoms with Crippen LogP contribution in [0.1, 0.15) is 66.8 Å². The van der Waals surface area contributed by atoms with Crippen LogP contribution in [0.25, 0.3) is 36.5 Å². The first kappa shape index (κ1) is 53.9. The van der Waals surface area contributed by atoms with Gasteiger partial charge >= 0.3 is 0 Å². The zero-order valence-electron chi connectivity index (χ0n) is 44.7. The summed E-state index contributed by atoms with van der Waals surface area (Å²) in [5.41, 5.74) is 14.5. The summed E-state index contributed by atoms with van der Waals surface area (Å²) >= 11 is 0. The molecule has 6 aromatic carbocycles. The molecule has 2 aliphatic rings. The van der Waals surface area contributed by atoms with Crippen LogP contribution in [0, 0.1) is 53.4 Å². The van der Waals surface area contributed by atoms with Gasteiger partial charge in [0.1, 0.15) is 11.2 Å². The maximum Gasteiger partial charge on any atom is 0.152 e. The average Bonchev–Trinajstić information content (AvgIpc) is 3.40. The largest absolute Gasteiger partial charge is 0.366 e. The fourth-order valence-electron chi connectivity index (χ4n) is 9.92. The Morgan fingerprint density at radius 2 is 0.560 bits per heavy atom. The summed E-state index contributed by atoms with van der Waals surface area (Å²) in [6, 6.07) is 49.5. The smallest absolute Gasteiger partial charge is 0.152 e. The number of benzene rings is 6. The molecule has 0 aromatic heterocycles. The predicted molar refractivity (Wildman–Crippen MR) is 319 cm³/mol. The molecule has 0 heterocycles. The predicted octanol–water partition coefficient (Wildman–Crippen LogP) is 16.3. The van der Waals surface area contributed by atoms with Crippen molar-refractivity contribution in [2.45, 2.75) is 52.7 Å². The Morgan fingerprint density at radius 3 is 0.773 bits per heavy atom. The Kier molecular flexibility index (Phi) is 17.4. The third-order valence-corrected chi connectivity index (χ3v) is 16.4. The summed E-state index contributed by atoms with van der Waals surface area (Å²) in [4.78, 5) is 0. The Labute approximate surface area is 447 Å². The molecule has 0 bridgehead atoms. The molecule has 0 atom stereocenters. The van der Waals surface area contributed by atoms with Crippen LogP contribution in [0.15, 0.2) is 229 Å². The fourth-order valence-corrected chi connectivity index (χ4v) is 11.8. The van der Waals surface area contributed by atoms with E-state index in [-0.39, 0.29) is 11.5 Å². The molecule has 0 saturated carbocycles. The maximum atomic E-state index is 15.7. The summed E-state index contributed by atoms with van der Waals surface area (Å²) in [6.45, 7) is 12.6. The van der Waals surface area contributed by atoms with Crippen molar-refractivity contribution in [1.82, 2.24) is 0 Å². The van der Waals surface area contributed by atoms with E-state index in [0.717, 1.165) is 89.1 Å². The average molecular weight is 1010 g/mol. The molecule has 0 spiro atoms. The number of ether oxygens (including phenoxy) is 2. The topological polar surface area (TPSA) is 52.6 Å². The van der Waals surface area contributed by atoms with Crippen LogP contribution in [0.2, 0.25) is 0 Å². The van der Waals surface area contributed by atoms with Gasteiger partial charge in [-0.2, -0.15) is 0 Å². The van der Waals surface area contributed by atoms with E-state index in [9.17, 15) is 0 Å². The van der Waals surface area contributed by atoms with Gasteiger partial charge < -0.3 is 9.47 Å². The van der Waals surface area contributed by atoms with Gasteiger partial charge in [-0.15, -0.1) is 0 Å². The number of rotatable bonds is 18. The lowest BCUT2D eigenvalue weighted by Crippen LogP contribution is -2.35. The van der Waals surface area contributed by atoms with Crippen molar-refractivity contribution in [1.29, 1.82) is 0 Å². The van der Waals surface area contributed by atoms with E-state index < -0.39 is 32.9 Å². The first-order chi connectivity index (χ1) is 36.2. The Hall–Kier alpha value is -7.41. The standard InChI is InChI=1S/C70H70O4S/c1-51-21-9-15-27-57(51)33-37-63-45-69(73-7,43-41-61-31-19-13-25-55(61)5)46-64(38-34-58-28-16-10-22-52(58)2)67(63)49-75(71,72)50-68-65(39-35-59-29-17-11-23-53(59)3)47-70(74-8,44-42-62-32-20-14-26-56(62)6)48-66(68)40-36-60-30-18-12-24-54(60)4/h9-48,67-68H,49-50H2,1-8H3/b37-33+,38-34+,39-35+,40-36+,43-41+,44-42+. The first-order valence-corrected chi connectivity index (χ1v) is 27.7. The second-order valence-corrected chi connectivity index (χ2v) is 22.2. The van der Waals surface area contributed by atoms with Gasteiger partial charge in [-0.05, 0) is 167 Å². The van der Waals surface area contributed by atoms with Crippen LogP contribution in [-0.2, 0) is 19.3 Å². The van der Waals surface area contributed by atoms with Crippen molar-refractivity contribution in [3.05, 3.63) is 295 Å². The van der Waals surface area contributed by atoms with E-state index in [2.05, 4.69) is 212 Å². The maximum absolute atomic E-state index is 15.7. The lowest BCUT2D eigenvalue weighted by atomic mass is 9.79. The third kappa shape index (κ3) is 13.7. The molecule has 8 rings (SSSR count). The van der Waals surface area contributed by atoms with Crippen molar-refractivity contribution in [3.8, 4) is 0 Å². The molecule has 4 nitrogen and oxygen atoms in total. The van der Waals surface area contributed by atoms with Gasteiger partial charge in [0.2, 0.25) is 0 Å². The molecule has 2 aliphatic carbocycles. The summed E-state index contributed by atoms with van der Waals surface area (Å²) < 4.78 is 44.5. The summed E-state index contributed by atoms with van der Waals surface area (Å²) in [5.74, 6) is -1.39. The van der Waals surface area contributed by atoms with Gasteiger partial charge in [-0.3, -0.25) is 0 Å². The molecule has 0 radical (unpaired) electrons. The Morgan fingerprint density at radius 1 is 0.347 bits per heavy atom. The highest BCUT2D eigenvalue weighted by Crippen LogP contribution is 2.41. The molecule has 0 N–H and O–H groups in total. The van der Waals surface area contributed by atoms with Gasteiger partial charge in [-0.25, -0.2) is 8.42 Å². The van der Waals surface area contributed by atoms with Crippen molar-refractivity contribution in [2.75, 3.05) is 25.7 Å². The molecule has 0 amide bonds. The summed E-state index contributed by atoms with van der Waals surface area (Å²) in [7, 11) is -0.472. The fraction of sp³-hybridized carbons (Fsp3) is 0.200. The molecular weight excluding hydrogens is 937 g/mol. The van der Waals surface area contributed by atoms with Crippen LogP contribution < -0.4 is 0 Å². The lowest BCUT2D eigenvalue weighted by Gasteiger charge is -2.35. The zero-order valence-corrected chi connectivity index (χ0v) is 45.5. The highest BCUT2D eigenvalue weighted by molar-refractivity contribution is 7.91. The van der Waals surface area contributed by atoms with Crippen LogP contribution in [0.4, 0.5) is 0 Å². The van der Waals surface area contributed by atoms with Crippen LogP contribution in [0.3, 0.4) is 0 Å². The molecule has 75 heavy (non-hydrogen) atoms. The second kappa shape index (κ2) is 24.3. The summed E-state index contributed by atoms with van der Waals surface area (Å²) in [6.07, 6.45) is 33.5. The Bertz CT molecular complexity index is 3090. The van der Waals surface area contributed by atoms with E-state index >= 15 is 8.42 Å². The zero-order chi connectivity index (χ0) is 53.0. The van der Waals surface area contributed by atoms with Crippen molar-refractivity contribution in [3.63, 3.8) is 0 Å². The molecule has 0 unspecified atom stereocenters. The highest BCUT2D eigenvalue weighted by atomic mass is 32.2. The first-order valence-electron chi connectivity index (χ1n) is 25.8. The van der Waals surface area contributed by atoms with E-state index in [1.807, 2.05) is 72.8 Å². The van der Waals surface area contributed by atoms with E-state index in [1.54, 1.807) is 14.2 Å². The molecule has 6 aromatic rings. The number of allylic oxidation sites excluding steroid dienone is 8. The van der Waals surface area contributed by atoms with E-state index in [1.165, 1.54) is 0 Å². The third-order valence-electron chi connectivity index (χ3n) is 14.7. The van der Waals surface area contributed by atoms with Crippen molar-refractivity contribution < 1.29 is 17.9 Å². The van der Waals surface area contributed by atoms with Gasteiger partial charge in [-0.1, -0.05) is 206 Å². The highest BCUT2D eigenvalue weighted by Gasteiger charge is 2.38. The molecule has 380 valence electrons. The number of methoxy groups -OCH3 is 2. The van der Waals surface area contributed by atoms with E-state index in [4.69, 9.17) is 9.47 Å². The van der Waals surface area contributed by atoms with Crippen molar-refractivity contribution >= 4 is 46.3 Å². The van der Waals surface area contributed by atoms with Crippen LogP contribution in [0.5, 0.6) is 0 Å². The normalized spacial score (nSPS) is 20.4. The number of hydrogen-bond donors (Lipinski definition) is 0. The monoisotopic (exact) mass is 1010 g/mol. The van der Waals surface area contributed by atoms with E-state index in [0.29, 0.717) is 0 Å². The van der Waals surface area contributed by atoms with Gasteiger partial charge in [0.05, 0.1) is 11.5 Å². The Balaban J connectivity index is 1.28. The van der Waals surface area contributed by atoms with Gasteiger partial charge in [0, 0.05) is 26.1 Å². The quantitative estimate of drug-likeness (QED) is 0.0861. The summed E-state index contributed by atoms with van der Waals surface area (Å²) in [5, 5.41) is 0. The number of hydrogen-bond acceptors (Lipinski definition) is 4. The SMILES string of the molecule is COC1(/C=C/c2ccccc2C)C=C(/C=C/c2ccccc2C)C(CS(=O)(=O)CC2C(/C=C/c3ccccc3C)=CC(/C=C/c3ccccc3C)(OC)C=C2/C=C/c2ccccc2C)C(/C=C/c2ccccc2C)=C1. The molecule has 5 heteroatoms. The van der Waals surface area contributed by atoms with Crippen molar-refractivity contribution in [2.24, 2.45) is 11.8 Å². The van der Waals surface area contributed by atoms with Gasteiger partial charge in [0.15, 0.2) is 9.84 Å². The molecular formula is C70H70O4S. The lowest BCUT2D eigenvalue weighted by molar-refractivity contribution is 0.112. The minimum absolute atomic E-state index is 0.148. The number of aryl methyl sites for hydroxylation is 6. The number of sulfone groups is 1. The molecule has 0 aliphatic heterocycles. The minimum atomic E-state index is -3.90. The second-order valence-electron chi connectivity index (χ2n) is 20.0.